The molecule has 2 aromatic carbocycles. The maximum atomic E-state index is 12.5. The highest BCUT2D eigenvalue weighted by atomic mass is 32.2. The topological polar surface area (TPSA) is 54.3 Å². The van der Waals surface area contributed by atoms with Crippen LogP contribution in [0, 0.1) is 0 Å². The zero-order chi connectivity index (χ0) is 20.8. The predicted octanol–water partition coefficient (Wildman–Crippen LogP) is 4.18. The van der Waals surface area contributed by atoms with E-state index in [-0.39, 0.29) is 11.8 Å². The molecule has 4 rings (SSSR count). The van der Waals surface area contributed by atoms with E-state index in [1.807, 2.05) is 47.4 Å². The second-order valence-corrected chi connectivity index (χ2v) is 8.57. The van der Waals surface area contributed by atoms with Gasteiger partial charge in [0.2, 0.25) is 5.91 Å². The summed E-state index contributed by atoms with van der Waals surface area (Å²) in [4.78, 5) is 27.9. The van der Waals surface area contributed by atoms with Crippen LogP contribution in [0.2, 0.25) is 0 Å². The molecule has 1 N–H and O–H groups in total. The molecule has 0 aliphatic carbocycles. The van der Waals surface area contributed by atoms with Crippen molar-refractivity contribution in [3.05, 3.63) is 66.4 Å². The van der Waals surface area contributed by atoms with Gasteiger partial charge < -0.3 is 14.8 Å². The number of piperidine rings is 1. The van der Waals surface area contributed by atoms with Gasteiger partial charge in [-0.15, -0.1) is 11.8 Å². The van der Waals surface area contributed by atoms with Crippen LogP contribution in [0.25, 0.3) is 10.9 Å². The van der Waals surface area contributed by atoms with Crippen molar-refractivity contribution >= 4 is 34.5 Å². The molecule has 0 atom stereocenters. The number of thioether (sulfide) groups is 1. The molecule has 1 aliphatic rings. The average molecular weight is 422 g/mol. The molecule has 1 aromatic heterocycles. The summed E-state index contributed by atoms with van der Waals surface area (Å²) >= 11 is 1.61. The molecule has 3 aromatic rings. The zero-order valence-electron chi connectivity index (χ0n) is 17.0. The van der Waals surface area contributed by atoms with E-state index in [1.165, 1.54) is 6.42 Å². The van der Waals surface area contributed by atoms with Crippen molar-refractivity contribution in [2.75, 3.05) is 25.4 Å². The number of nitrogens with zero attached hydrogens (tertiary/aromatic N) is 2. The quantitative estimate of drug-likeness (QED) is 0.583. The molecule has 0 unspecified atom stereocenters. The van der Waals surface area contributed by atoms with Crippen LogP contribution in [-0.4, -0.2) is 46.7 Å². The van der Waals surface area contributed by atoms with E-state index in [2.05, 4.69) is 28.2 Å². The number of likely N-dealkylation sites (tertiary alicyclic amines) is 1. The van der Waals surface area contributed by atoms with Gasteiger partial charge in [0, 0.05) is 53.7 Å². The Bertz CT molecular complexity index is 1010. The summed E-state index contributed by atoms with van der Waals surface area (Å²) in [6, 6.07) is 17.5. The first-order chi connectivity index (χ1) is 14.7. The molecule has 1 aliphatic heterocycles. The van der Waals surface area contributed by atoms with Crippen molar-refractivity contribution in [2.24, 2.45) is 0 Å². The summed E-state index contributed by atoms with van der Waals surface area (Å²) in [5, 5.41) is 4.14. The number of para-hydroxylation sites is 1. The van der Waals surface area contributed by atoms with Crippen LogP contribution >= 0.6 is 11.8 Å². The Morgan fingerprint density at radius 3 is 2.47 bits per heavy atom. The fraction of sp³-hybridized carbons (Fsp3) is 0.333. The number of fused-ring (bicyclic) bond motifs is 1. The van der Waals surface area contributed by atoms with Gasteiger partial charge >= 0.3 is 0 Å². The Balaban J connectivity index is 1.39. The van der Waals surface area contributed by atoms with Crippen LogP contribution in [0.15, 0.2) is 65.7 Å². The Labute approximate surface area is 181 Å². The highest BCUT2D eigenvalue weighted by molar-refractivity contribution is 8.00. The van der Waals surface area contributed by atoms with Crippen LogP contribution in [0.5, 0.6) is 0 Å². The number of carbonyl (C=O) groups excluding carboxylic acids is 2. The number of amides is 2. The van der Waals surface area contributed by atoms with Crippen molar-refractivity contribution in [3.63, 3.8) is 0 Å². The predicted molar refractivity (Wildman–Crippen MR) is 122 cm³/mol. The van der Waals surface area contributed by atoms with Gasteiger partial charge in [-0.25, -0.2) is 0 Å². The first-order valence-electron chi connectivity index (χ1n) is 10.5. The number of benzene rings is 2. The minimum atomic E-state index is -0.0613. The maximum Gasteiger partial charge on any atom is 0.251 e. The standard InChI is InChI=1S/C24H27N3O2S/c28-23(26-14-7-2-8-15-26)18-30-22-17-27(21-12-6-5-11-20(21)22)16-13-25-24(29)19-9-3-1-4-10-19/h1,3-6,9-12,17H,2,7-8,13-16,18H2,(H,25,29). The molecule has 2 heterocycles. The lowest BCUT2D eigenvalue weighted by molar-refractivity contribution is -0.129. The van der Waals surface area contributed by atoms with Crippen LogP contribution in [0.3, 0.4) is 0 Å². The average Bonchev–Trinajstić information content (AvgIpc) is 3.16. The van der Waals surface area contributed by atoms with Gasteiger partial charge in [0.25, 0.3) is 5.91 Å². The van der Waals surface area contributed by atoms with E-state index in [0.29, 0.717) is 24.4 Å². The van der Waals surface area contributed by atoms with E-state index >= 15 is 0 Å². The van der Waals surface area contributed by atoms with E-state index < -0.39 is 0 Å². The van der Waals surface area contributed by atoms with Crippen LogP contribution in [-0.2, 0) is 11.3 Å². The van der Waals surface area contributed by atoms with Crippen molar-refractivity contribution in [1.29, 1.82) is 0 Å². The van der Waals surface area contributed by atoms with Crippen LogP contribution in [0.1, 0.15) is 29.6 Å². The molecule has 1 saturated heterocycles. The third-order valence-electron chi connectivity index (χ3n) is 5.49. The minimum Gasteiger partial charge on any atom is -0.350 e. The van der Waals surface area contributed by atoms with Gasteiger partial charge in [-0.3, -0.25) is 9.59 Å². The number of hydrogen-bond donors (Lipinski definition) is 1. The summed E-state index contributed by atoms with van der Waals surface area (Å²) in [7, 11) is 0. The SMILES string of the molecule is O=C(NCCn1cc(SCC(=O)N2CCCCC2)c2ccccc21)c1ccccc1. The molecule has 6 heteroatoms. The third-order valence-corrected chi connectivity index (χ3v) is 6.51. The summed E-state index contributed by atoms with van der Waals surface area (Å²) in [6.07, 6.45) is 5.56. The second kappa shape index (κ2) is 9.85. The lowest BCUT2D eigenvalue weighted by atomic mass is 10.1. The smallest absolute Gasteiger partial charge is 0.251 e. The van der Waals surface area contributed by atoms with Gasteiger partial charge in [0.15, 0.2) is 0 Å². The Hall–Kier alpha value is -2.73. The van der Waals surface area contributed by atoms with Gasteiger partial charge in [-0.05, 0) is 37.5 Å². The minimum absolute atomic E-state index is 0.0613. The third kappa shape index (κ3) is 4.87. The highest BCUT2D eigenvalue weighted by Crippen LogP contribution is 2.30. The fourth-order valence-electron chi connectivity index (χ4n) is 3.87. The van der Waals surface area contributed by atoms with Crippen LogP contribution in [0.4, 0.5) is 0 Å². The molecule has 0 bridgehead atoms. The molecular weight excluding hydrogens is 394 g/mol. The maximum absolute atomic E-state index is 12.5. The Morgan fingerprint density at radius 1 is 0.933 bits per heavy atom. The van der Waals surface area contributed by atoms with E-state index in [9.17, 15) is 9.59 Å². The summed E-state index contributed by atoms with van der Waals surface area (Å²) in [5.74, 6) is 0.638. The lowest BCUT2D eigenvalue weighted by Gasteiger charge is -2.26. The molecule has 5 nitrogen and oxygen atoms in total. The largest absolute Gasteiger partial charge is 0.350 e. The molecule has 0 saturated carbocycles. The molecule has 2 amide bonds. The van der Waals surface area contributed by atoms with Crippen molar-refractivity contribution in [1.82, 2.24) is 14.8 Å². The normalized spacial score (nSPS) is 14.1. The monoisotopic (exact) mass is 421 g/mol. The lowest BCUT2D eigenvalue weighted by Crippen LogP contribution is -2.36. The van der Waals surface area contributed by atoms with E-state index in [1.54, 1.807) is 11.8 Å². The van der Waals surface area contributed by atoms with E-state index in [4.69, 9.17) is 0 Å². The zero-order valence-corrected chi connectivity index (χ0v) is 17.9. The highest BCUT2D eigenvalue weighted by Gasteiger charge is 2.17. The number of aromatic nitrogens is 1. The van der Waals surface area contributed by atoms with Crippen molar-refractivity contribution in [2.45, 2.75) is 30.7 Å². The summed E-state index contributed by atoms with van der Waals surface area (Å²) in [6.45, 7) is 3.01. The first-order valence-corrected chi connectivity index (χ1v) is 11.5. The first kappa shape index (κ1) is 20.5. The summed E-state index contributed by atoms with van der Waals surface area (Å²) in [5.41, 5.74) is 1.79. The van der Waals surface area contributed by atoms with Gasteiger partial charge in [-0.2, -0.15) is 0 Å². The number of carbonyl (C=O) groups is 2. The van der Waals surface area contributed by atoms with Crippen molar-refractivity contribution < 1.29 is 9.59 Å². The fourth-order valence-corrected chi connectivity index (χ4v) is 4.86. The molecule has 0 spiro atoms. The second-order valence-electron chi connectivity index (χ2n) is 7.56. The van der Waals surface area contributed by atoms with Crippen molar-refractivity contribution in [3.8, 4) is 0 Å². The molecule has 30 heavy (non-hydrogen) atoms. The molecule has 0 radical (unpaired) electrons. The Kier molecular flexibility index (Phi) is 6.74. The number of rotatable bonds is 7. The summed E-state index contributed by atoms with van der Waals surface area (Å²) < 4.78 is 2.16. The van der Waals surface area contributed by atoms with Gasteiger partial charge in [0.1, 0.15) is 0 Å². The number of hydrogen-bond acceptors (Lipinski definition) is 3. The number of nitrogens with one attached hydrogen (secondary N) is 1. The van der Waals surface area contributed by atoms with Gasteiger partial charge in [0.05, 0.1) is 5.75 Å². The molecule has 156 valence electrons. The van der Waals surface area contributed by atoms with E-state index in [0.717, 1.165) is 41.7 Å². The molecular formula is C24H27N3O2S. The molecule has 1 fully saturated rings. The van der Waals surface area contributed by atoms with Gasteiger partial charge in [-0.1, -0.05) is 36.4 Å². The van der Waals surface area contributed by atoms with Crippen LogP contribution < -0.4 is 5.32 Å². The Morgan fingerprint density at radius 2 is 1.67 bits per heavy atom.